The molecule has 0 aromatic heterocycles. The molecule has 0 radical (unpaired) electrons. The largest absolute Gasteiger partial charge is 0.444 e. The quantitative estimate of drug-likeness (QED) is 0.793. The molecule has 4 nitrogen and oxygen atoms in total. The lowest BCUT2D eigenvalue weighted by atomic mass is 9.82. The maximum Gasteiger partial charge on any atom is 0.410 e. The lowest BCUT2D eigenvalue weighted by Crippen LogP contribution is -2.51. The Morgan fingerprint density at radius 1 is 1.14 bits per heavy atom. The van der Waals surface area contributed by atoms with Crippen LogP contribution < -0.4 is 5.73 Å². The molecule has 1 aromatic carbocycles. The third kappa shape index (κ3) is 3.93. The zero-order chi connectivity index (χ0) is 16.5. The number of anilines is 1. The van der Waals surface area contributed by atoms with E-state index >= 15 is 0 Å². The summed E-state index contributed by atoms with van der Waals surface area (Å²) in [4.78, 5) is 14.3. The number of carbonyl (C=O) groups is 1. The van der Waals surface area contributed by atoms with Gasteiger partial charge in [0.25, 0.3) is 0 Å². The molecule has 0 saturated carbocycles. The van der Waals surface area contributed by atoms with Crippen molar-refractivity contribution in [3.63, 3.8) is 0 Å². The highest BCUT2D eigenvalue weighted by Crippen LogP contribution is 2.36. The van der Waals surface area contributed by atoms with Gasteiger partial charge in [0.05, 0.1) is 0 Å². The first-order valence-electron chi connectivity index (χ1n) is 8.04. The fourth-order valence-electron chi connectivity index (χ4n) is 3.30. The van der Waals surface area contributed by atoms with Gasteiger partial charge in [-0.15, -0.1) is 0 Å². The second kappa shape index (κ2) is 6.19. The molecule has 22 heavy (non-hydrogen) atoms. The Balaban J connectivity index is 2.08. The van der Waals surface area contributed by atoms with E-state index in [0.717, 1.165) is 18.5 Å². The van der Waals surface area contributed by atoms with Crippen molar-refractivity contribution in [2.75, 3.05) is 5.73 Å². The summed E-state index contributed by atoms with van der Waals surface area (Å²) in [6.45, 7) is 9.91. The van der Waals surface area contributed by atoms with Crippen molar-refractivity contribution in [1.82, 2.24) is 4.90 Å². The fourth-order valence-corrected chi connectivity index (χ4v) is 3.30. The van der Waals surface area contributed by atoms with Crippen LogP contribution in [0.4, 0.5) is 10.5 Å². The van der Waals surface area contributed by atoms with Gasteiger partial charge in [-0.2, -0.15) is 0 Å². The summed E-state index contributed by atoms with van der Waals surface area (Å²) >= 11 is 0. The average molecular weight is 304 g/mol. The minimum absolute atomic E-state index is 0.168. The molecular weight excluding hydrogens is 276 g/mol. The molecular formula is C18H28N2O2. The second-order valence-corrected chi connectivity index (χ2v) is 7.42. The molecule has 0 spiro atoms. The number of carbonyl (C=O) groups excluding carboxylic acids is 1. The lowest BCUT2D eigenvalue weighted by Gasteiger charge is -2.43. The molecule has 1 aromatic rings. The third-order valence-corrected chi connectivity index (χ3v) is 4.21. The molecule has 122 valence electrons. The number of rotatable bonds is 1. The van der Waals surface area contributed by atoms with E-state index in [1.165, 1.54) is 5.56 Å². The van der Waals surface area contributed by atoms with E-state index < -0.39 is 5.60 Å². The van der Waals surface area contributed by atoms with E-state index in [2.05, 4.69) is 26.0 Å². The van der Waals surface area contributed by atoms with Crippen LogP contribution in [0, 0.1) is 0 Å². The van der Waals surface area contributed by atoms with E-state index in [1.54, 1.807) is 0 Å². The Morgan fingerprint density at radius 3 is 2.09 bits per heavy atom. The van der Waals surface area contributed by atoms with Gasteiger partial charge in [-0.25, -0.2) is 4.79 Å². The number of nitrogen functional groups attached to an aromatic ring is 1. The smallest absolute Gasteiger partial charge is 0.410 e. The number of ether oxygens (including phenoxy) is 1. The van der Waals surface area contributed by atoms with Crippen LogP contribution in [0.2, 0.25) is 0 Å². The number of nitrogens with two attached hydrogens (primary N) is 1. The zero-order valence-electron chi connectivity index (χ0n) is 14.3. The Bertz CT molecular complexity index is 507. The number of hydrogen-bond acceptors (Lipinski definition) is 3. The highest BCUT2D eigenvalue weighted by molar-refractivity contribution is 5.69. The SMILES string of the molecule is CC1CC(c2ccc(N)cc2)CC(C)N1C(=O)OC(C)(C)C. The Kier molecular flexibility index (Phi) is 4.69. The van der Waals surface area contributed by atoms with Gasteiger partial charge in [-0.05, 0) is 71.1 Å². The Labute approximate surface area is 133 Å². The minimum Gasteiger partial charge on any atom is -0.444 e. The van der Waals surface area contributed by atoms with Gasteiger partial charge in [-0.1, -0.05) is 12.1 Å². The highest BCUT2D eigenvalue weighted by Gasteiger charge is 2.36. The molecule has 1 fully saturated rings. The number of nitrogens with zero attached hydrogens (tertiary/aromatic N) is 1. The van der Waals surface area contributed by atoms with E-state index in [1.807, 2.05) is 37.8 Å². The van der Waals surface area contributed by atoms with Crippen molar-refractivity contribution in [2.45, 2.75) is 71.1 Å². The zero-order valence-corrected chi connectivity index (χ0v) is 14.3. The topological polar surface area (TPSA) is 55.6 Å². The van der Waals surface area contributed by atoms with E-state index in [-0.39, 0.29) is 18.2 Å². The number of amides is 1. The maximum atomic E-state index is 12.4. The second-order valence-electron chi connectivity index (χ2n) is 7.42. The van der Waals surface area contributed by atoms with Crippen molar-refractivity contribution in [1.29, 1.82) is 0 Å². The summed E-state index contributed by atoms with van der Waals surface area (Å²) in [7, 11) is 0. The summed E-state index contributed by atoms with van der Waals surface area (Å²) in [5.41, 5.74) is 7.40. The van der Waals surface area contributed by atoms with Crippen LogP contribution in [-0.2, 0) is 4.74 Å². The summed E-state index contributed by atoms with van der Waals surface area (Å²) in [5.74, 6) is 0.462. The first-order chi connectivity index (χ1) is 10.2. The van der Waals surface area contributed by atoms with Gasteiger partial charge < -0.3 is 15.4 Å². The number of hydrogen-bond donors (Lipinski definition) is 1. The van der Waals surface area contributed by atoms with Crippen molar-refractivity contribution in [3.8, 4) is 0 Å². The lowest BCUT2D eigenvalue weighted by molar-refractivity contribution is -0.00254. The minimum atomic E-state index is -0.454. The maximum absolute atomic E-state index is 12.4. The highest BCUT2D eigenvalue weighted by atomic mass is 16.6. The molecule has 2 N–H and O–H groups in total. The van der Waals surface area contributed by atoms with Crippen LogP contribution in [0.5, 0.6) is 0 Å². The molecule has 1 heterocycles. The molecule has 1 aliphatic rings. The fraction of sp³-hybridized carbons (Fsp3) is 0.611. The average Bonchev–Trinajstić information content (AvgIpc) is 2.36. The van der Waals surface area contributed by atoms with E-state index in [0.29, 0.717) is 5.92 Å². The Hall–Kier alpha value is -1.71. The summed E-state index contributed by atoms with van der Waals surface area (Å²) in [6, 6.07) is 8.43. The van der Waals surface area contributed by atoms with Crippen LogP contribution in [0.25, 0.3) is 0 Å². The van der Waals surface area contributed by atoms with Gasteiger partial charge in [0, 0.05) is 17.8 Å². The molecule has 2 unspecified atom stereocenters. The van der Waals surface area contributed by atoms with Crippen molar-refractivity contribution in [2.24, 2.45) is 0 Å². The van der Waals surface area contributed by atoms with E-state index in [4.69, 9.17) is 10.5 Å². The third-order valence-electron chi connectivity index (χ3n) is 4.21. The van der Waals surface area contributed by atoms with E-state index in [9.17, 15) is 4.79 Å². The van der Waals surface area contributed by atoms with Crippen molar-refractivity contribution >= 4 is 11.8 Å². The van der Waals surface area contributed by atoms with Crippen LogP contribution in [-0.4, -0.2) is 28.7 Å². The predicted octanol–water partition coefficient (Wildman–Crippen LogP) is 4.16. The molecule has 2 rings (SSSR count). The van der Waals surface area contributed by atoms with Gasteiger partial charge in [0.2, 0.25) is 0 Å². The molecule has 2 atom stereocenters. The monoisotopic (exact) mass is 304 g/mol. The van der Waals surface area contributed by atoms with Gasteiger partial charge in [0.15, 0.2) is 0 Å². The molecule has 1 saturated heterocycles. The van der Waals surface area contributed by atoms with Crippen LogP contribution in [0.1, 0.15) is 58.9 Å². The molecule has 0 aliphatic carbocycles. The van der Waals surface area contributed by atoms with Gasteiger partial charge in [-0.3, -0.25) is 0 Å². The number of piperidine rings is 1. The summed E-state index contributed by atoms with van der Waals surface area (Å²) in [6.07, 6.45) is 1.70. The molecule has 1 aliphatic heterocycles. The van der Waals surface area contributed by atoms with Crippen molar-refractivity contribution < 1.29 is 9.53 Å². The predicted molar refractivity (Wildman–Crippen MR) is 89.8 cm³/mol. The normalized spacial score (nSPS) is 25.9. The molecule has 4 heteroatoms. The van der Waals surface area contributed by atoms with Crippen LogP contribution in [0.3, 0.4) is 0 Å². The van der Waals surface area contributed by atoms with Gasteiger partial charge >= 0.3 is 6.09 Å². The molecule has 1 amide bonds. The van der Waals surface area contributed by atoms with Crippen LogP contribution >= 0.6 is 0 Å². The van der Waals surface area contributed by atoms with Crippen LogP contribution in [0.15, 0.2) is 24.3 Å². The Morgan fingerprint density at radius 2 is 1.64 bits per heavy atom. The number of benzene rings is 1. The standard InChI is InChI=1S/C18H28N2O2/c1-12-10-15(14-6-8-16(19)9-7-14)11-13(2)20(12)17(21)22-18(3,4)5/h6-9,12-13,15H,10-11,19H2,1-5H3. The number of likely N-dealkylation sites (tertiary alicyclic amines) is 1. The summed E-state index contributed by atoms with van der Waals surface area (Å²) < 4.78 is 5.55. The van der Waals surface area contributed by atoms with Gasteiger partial charge in [0.1, 0.15) is 5.60 Å². The first kappa shape index (κ1) is 16.7. The van der Waals surface area contributed by atoms with Crippen molar-refractivity contribution in [3.05, 3.63) is 29.8 Å². The molecule has 0 bridgehead atoms. The summed E-state index contributed by atoms with van der Waals surface area (Å²) in [5, 5.41) is 0. The first-order valence-corrected chi connectivity index (χ1v) is 8.04.